The van der Waals surface area contributed by atoms with Crippen molar-refractivity contribution in [1.29, 1.82) is 0 Å². The van der Waals surface area contributed by atoms with E-state index in [1.165, 1.54) is 11.8 Å². The molecule has 108 valence electrons. The first-order chi connectivity index (χ1) is 8.80. The Morgan fingerprint density at radius 2 is 2.11 bits per heavy atom. The Labute approximate surface area is 111 Å². The Morgan fingerprint density at radius 3 is 2.58 bits per heavy atom. The Morgan fingerprint density at radius 1 is 1.47 bits per heavy atom. The molecule has 2 amide bonds. The van der Waals surface area contributed by atoms with Crippen molar-refractivity contribution in [3.8, 4) is 0 Å². The minimum Gasteiger partial charge on any atom is -0.481 e. The molecule has 0 aromatic carbocycles. The number of esters is 1. The molecule has 1 saturated heterocycles. The van der Waals surface area contributed by atoms with Gasteiger partial charge in [-0.2, -0.15) is 0 Å². The summed E-state index contributed by atoms with van der Waals surface area (Å²) in [6.07, 6.45) is 0.406. The van der Waals surface area contributed by atoms with Crippen LogP contribution < -0.4 is 5.32 Å². The first kappa shape index (κ1) is 15.3. The largest absolute Gasteiger partial charge is 0.481 e. The number of amides is 2. The van der Waals surface area contributed by atoms with Crippen molar-refractivity contribution < 1.29 is 24.2 Å². The lowest BCUT2D eigenvalue weighted by molar-refractivity contribution is -0.147. The first-order valence-corrected chi connectivity index (χ1v) is 6.25. The first-order valence-electron chi connectivity index (χ1n) is 6.25. The highest BCUT2D eigenvalue weighted by atomic mass is 16.5. The van der Waals surface area contributed by atoms with Crippen LogP contribution in [0.5, 0.6) is 0 Å². The molecule has 0 aromatic heterocycles. The van der Waals surface area contributed by atoms with Crippen molar-refractivity contribution in [1.82, 2.24) is 10.2 Å². The van der Waals surface area contributed by atoms with E-state index in [1.807, 2.05) is 0 Å². The number of carbonyl (C=O) groups is 3. The average molecular weight is 272 g/mol. The van der Waals surface area contributed by atoms with E-state index in [4.69, 9.17) is 9.84 Å². The zero-order valence-electron chi connectivity index (χ0n) is 11.4. The molecule has 0 spiro atoms. The van der Waals surface area contributed by atoms with E-state index in [9.17, 15) is 14.4 Å². The molecule has 0 saturated carbocycles. The molecular formula is C12H20N2O5. The lowest BCUT2D eigenvalue weighted by Crippen LogP contribution is -2.47. The number of likely N-dealkylation sites (tertiary alicyclic amines) is 1. The molecule has 19 heavy (non-hydrogen) atoms. The minimum atomic E-state index is -0.916. The number of hydrogen-bond acceptors (Lipinski definition) is 4. The van der Waals surface area contributed by atoms with Gasteiger partial charge in [0.2, 0.25) is 0 Å². The Hall–Kier alpha value is -1.79. The molecule has 7 heteroatoms. The maximum Gasteiger partial charge on any atom is 0.328 e. The fourth-order valence-electron chi connectivity index (χ4n) is 1.91. The molecule has 1 aliphatic heterocycles. The van der Waals surface area contributed by atoms with Crippen LogP contribution in [0.2, 0.25) is 0 Å². The van der Waals surface area contributed by atoms with Crippen molar-refractivity contribution >= 4 is 18.0 Å². The third-order valence-electron chi connectivity index (χ3n) is 3.26. The number of nitrogens with zero attached hydrogens (tertiary/aromatic N) is 1. The number of ether oxygens (including phenoxy) is 1. The normalized spacial score (nSPS) is 23.8. The van der Waals surface area contributed by atoms with Gasteiger partial charge < -0.3 is 20.1 Å². The van der Waals surface area contributed by atoms with Gasteiger partial charge in [-0.1, -0.05) is 0 Å². The van der Waals surface area contributed by atoms with E-state index >= 15 is 0 Å². The summed E-state index contributed by atoms with van der Waals surface area (Å²) in [5.74, 6) is -1.42. The predicted molar refractivity (Wildman–Crippen MR) is 66.6 cm³/mol. The molecule has 0 bridgehead atoms. The second-order valence-electron chi connectivity index (χ2n) is 4.96. The summed E-state index contributed by atoms with van der Waals surface area (Å²) in [5.41, 5.74) is -0.912. The summed E-state index contributed by atoms with van der Waals surface area (Å²) in [7, 11) is 0. The van der Waals surface area contributed by atoms with E-state index in [2.05, 4.69) is 5.32 Å². The van der Waals surface area contributed by atoms with Gasteiger partial charge >= 0.3 is 18.0 Å². The van der Waals surface area contributed by atoms with Gasteiger partial charge in [0.05, 0.1) is 12.0 Å². The Balaban J connectivity index is 2.52. The smallest absolute Gasteiger partial charge is 0.328 e. The molecule has 2 unspecified atom stereocenters. The molecule has 1 rings (SSSR count). The number of carboxylic acids is 1. The summed E-state index contributed by atoms with van der Waals surface area (Å²) in [6, 6.07) is -1.19. The van der Waals surface area contributed by atoms with Crippen LogP contribution in [-0.2, 0) is 14.3 Å². The highest BCUT2D eigenvalue weighted by Gasteiger charge is 2.42. The summed E-state index contributed by atoms with van der Waals surface area (Å²) < 4.78 is 4.78. The minimum absolute atomic E-state index is 0.143. The van der Waals surface area contributed by atoms with Gasteiger partial charge in [0, 0.05) is 13.1 Å². The third kappa shape index (κ3) is 3.59. The van der Waals surface area contributed by atoms with Crippen molar-refractivity contribution in [3.05, 3.63) is 0 Å². The van der Waals surface area contributed by atoms with Gasteiger partial charge in [0.1, 0.15) is 6.04 Å². The maximum atomic E-state index is 11.9. The highest BCUT2D eigenvalue weighted by molar-refractivity contribution is 5.84. The van der Waals surface area contributed by atoms with Crippen molar-refractivity contribution in [3.63, 3.8) is 0 Å². The molecule has 7 nitrogen and oxygen atoms in total. The standard InChI is InChI=1S/C12H20N2O5/c1-4-19-9(15)8(2)13-11(18)14-6-5-12(3,7-14)10(16)17/h8H,4-7H2,1-3H3,(H,13,18)(H,16,17). The molecule has 1 aliphatic rings. The number of aliphatic carboxylic acids is 1. The van der Waals surface area contributed by atoms with E-state index in [0.29, 0.717) is 13.0 Å². The van der Waals surface area contributed by atoms with Crippen LogP contribution in [0.1, 0.15) is 27.2 Å². The van der Waals surface area contributed by atoms with Gasteiger partial charge in [-0.05, 0) is 27.2 Å². The van der Waals surface area contributed by atoms with Crippen LogP contribution in [0.3, 0.4) is 0 Å². The summed E-state index contributed by atoms with van der Waals surface area (Å²) in [5, 5.41) is 11.6. The quantitative estimate of drug-likeness (QED) is 0.724. The summed E-state index contributed by atoms with van der Waals surface area (Å²) in [4.78, 5) is 35.7. The fraction of sp³-hybridized carbons (Fsp3) is 0.750. The lowest BCUT2D eigenvalue weighted by Gasteiger charge is -2.22. The number of rotatable bonds is 4. The van der Waals surface area contributed by atoms with Gasteiger partial charge in [0.15, 0.2) is 0 Å². The lowest BCUT2D eigenvalue weighted by atomic mass is 9.90. The van der Waals surface area contributed by atoms with E-state index < -0.39 is 29.4 Å². The SMILES string of the molecule is CCOC(=O)C(C)NC(=O)N1CCC(C)(C(=O)O)C1. The second-order valence-corrected chi connectivity index (χ2v) is 4.96. The number of carboxylic acid groups (broad SMARTS) is 1. The summed E-state index contributed by atoms with van der Waals surface area (Å²) in [6.45, 7) is 5.58. The zero-order chi connectivity index (χ0) is 14.6. The second kappa shape index (κ2) is 5.90. The monoisotopic (exact) mass is 272 g/mol. The maximum absolute atomic E-state index is 11.9. The van der Waals surface area contributed by atoms with Crippen LogP contribution in [-0.4, -0.2) is 53.7 Å². The van der Waals surface area contributed by atoms with E-state index in [1.54, 1.807) is 13.8 Å². The number of urea groups is 1. The highest BCUT2D eigenvalue weighted by Crippen LogP contribution is 2.29. The molecule has 0 aromatic rings. The number of nitrogens with one attached hydrogen (secondary N) is 1. The van der Waals surface area contributed by atoms with Crippen LogP contribution in [0.15, 0.2) is 0 Å². The molecular weight excluding hydrogens is 252 g/mol. The van der Waals surface area contributed by atoms with Crippen molar-refractivity contribution in [2.75, 3.05) is 19.7 Å². The van der Waals surface area contributed by atoms with Gasteiger partial charge in [-0.25, -0.2) is 9.59 Å². The van der Waals surface area contributed by atoms with E-state index in [-0.39, 0.29) is 13.2 Å². The third-order valence-corrected chi connectivity index (χ3v) is 3.26. The van der Waals surface area contributed by atoms with Crippen molar-refractivity contribution in [2.45, 2.75) is 33.2 Å². The summed E-state index contributed by atoms with van der Waals surface area (Å²) >= 11 is 0. The van der Waals surface area contributed by atoms with Crippen LogP contribution in [0, 0.1) is 5.41 Å². The average Bonchev–Trinajstić information content (AvgIpc) is 2.73. The van der Waals surface area contributed by atoms with Gasteiger partial charge in [-0.3, -0.25) is 4.79 Å². The Kier molecular flexibility index (Phi) is 4.74. The molecule has 2 atom stereocenters. The van der Waals surface area contributed by atoms with E-state index in [0.717, 1.165) is 0 Å². The Bertz CT molecular complexity index is 384. The molecule has 2 N–H and O–H groups in total. The number of carbonyl (C=O) groups excluding carboxylic acids is 2. The van der Waals surface area contributed by atoms with Gasteiger partial charge in [-0.15, -0.1) is 0 Å². The van der Waals surface area contributed by atoms with Gasteiger partial charge in [0.25, 0.3) is 0 Å². The number of hydrogen-bond donors (Lipinski definition) is 2. The van der Waals surface area contributed by atoms with Crippen LogP contribution in [0.25, 0.3) is 0 Å². The topological polar surface area (TPSA) is 95.9 Å². The van der Waals surface area contributed by atoms with Crippen LogP contribution in [0.4, 0.5) is 4.79 Å². The molecule has 1 heterocycles. The fourth-order valence-corrected chi connectivity index (χ4v) is 1.91. The van der Waals surface area contributed by atoms with Crippen LogP contribution >= 0.6 is 0 Å². The zero-order valence-corrected chi connectivity index (χ0v) is 11.4. The predicted octanol–water partition coefficient (Wildman–Crippen LogP) is 0.444. The van der Waals surface area contributed by atoms with Crippen molar-refractivity contribution in [2.24, 2.45) is 5.41 Å². The molecule has 1 fully saturated rings. The molecule has 0 radical (unpaired) electrons. The molecule has 0 aliphatic carbocycles.